The van der Waals surface area contributed by atoms with Crippen molar-refractivity contribution in [3.8, 4) is 0 Å². The van der Waals surface area contributed by atoms with Gasteiger partial charge in [-0.05, 0) is 37.4 Å². The predicted molar refractivity (Wildman–Crippen MR) is 83.9 cm³/mol. The van der Waals surface area contributed by atoms with Gasteiger partial charge >= 0.3 is 5.97 Å². The molecule has 1 saturated carbocycles. The summed E-state index contributed by atoms with van der Waals surface area (Å²) in [6.07, 6.45) is 3.52. The Bertz CT molecular complexity index is 691. The first-order chi connectivity index (χ1) is 9.72. The largest absolute Gasteiger partial charge is 0.481 e. The Morgan fingerprint density at radius 1 is 1.29 bits per heavy atom. The molecule has 1 unspecified atom stereocenters. The molecule has 1 aromatic heterocycles. The van der Waals surface area contributed by atoms with Crippen LogP contribution < -0.4 is 5.32 Å². The number of carbonyl (C=O) groups is 1. The minimum atomic E-state index is -0.659. The first kappa shape index (κ1) is 14.4. The maximum absolute atomic E-state index is 11.8. The third-order valence-corrected chi connectivity index (χ3v) is 5.08. The van der Waals surface area contributed by atoms with Gasteiger partial charge in [-0.2, -0.15) is 0 Å². The third-order valence-electron chi connectivity index (χ3n) is 5.08. The number of nitrogens with one attached hydrogen (secondary N) is 2. The van der Waals surface area contributed by atoms with Crippen LogP contribution in [0.15, 0.2) is 24.3 Å². The van der Waals surface area contributed by atoms with E-state index in [0.717, 1.165) is 43.4 Å². The van der Waals surface area contributed by atoms with Gasteiger partial charge in [-0.25, -0.2) is 0 Å². The lowest BCUT2D eigenvalue weighted by Gasteiger charge is -2.45. The number of para-hydroxylation sites is 1. The van der Waals surface area contributed by atoms with Crippen LogP contribution in [-0.4, -0.2) is 22.6 Å². The molecule has 1 atom stereocenters. The van der Waals surface area contributed by atoms with Crippen molar-refractivity contribution < 1.29 is 9.90 Å². The van der Waals surface area contributed by atoms with Crippen LogP contribution in [0.5, 0.6) is 0 Å². The number of hydrogen-bond donors (Lipinski definition) is 3. The number of rotatable bonds is 2. The van der Waals surface area contributed by atoms with E-state index < -0.39 is 11.4 Å². The zero-order chi connectivity index (χ0) is 13.7. The quantitative estimate of drug-likeness (QED) is 0.799. The highest BCUT2D eigenvalue weighted by Crippen LogP contribution is 2.52. The normalized spacial score (nSPS) is 23.0. The van der Waals surface area contributed by atoms with Gasteiger partial charge in [-0.15, -0.1) is 12.4 Å². The molecule has 1 aliphatic carbocycles. The number of benzene rings is 1. The van der Waals surface area contributed by atoms with Crippen molar-refractivity contribution in [1.82, 2.24) is 10.3 Å². The van der Waals surface area contributed by atoms with E-state index in [1.165, 1.54) is 10.9 Å². The first-order valence-electron chi connectivity index (χ1n) is 7.29. The standard InChI is InChI=1S/C16H18N2O2.ClH/c19-15(20)16(7-3-8-16)14-13-11(6-9-17-14)10-4-1-2-5-12(10)18-13;/h1-2,4-5,14,17-18H,3,6-9H2,(H,19,20);1H. The highest BCUT2D eigenvalue weighted by molar-refractivity contribution is 5.86. The van der Waals surface area contributed by atoms with Crippen LogP contribution in [-0.2, 0) is 11.2 Å². The highest BCUT2D eigenvalue weighted by Gasteiger charge is 2.52. The van der Waals surface area contributed by atoms with Crippen LogP contribution in [0.1, 0.15) is 36.6 Å². The number of halogens is 1. The van der Waals surface area contributed by atoms with Crippen molar-refractivity contribution in [2.75, 3.05) is 6.54 Å². The van der Waals surface area contributed by atoms with Crippen LogP contribution in [0.3, 0.4) is 0 Å². The molecule has 3 N–H and O–H groups in total. The Kier molecular flexibility index (Phi) is 3.46. The Labute approximate surface area is 129 Å². The van der Waals surface area contributed by atoms with E-state index in [1.807, 2.05) is 12.1 Å². The summed E-state index contributed by atoms with van der Waals surface area (Å²) in [6.45, 7) is 0.856. The zero-order valence-corrected chi connectivity index (χ0v) is 12.5. The van der Waals surface area contributed by atoms with E-state index in [-0.39, 0.29) is 18.4 Å². The second-order valence-electron chi connectivity index (χ2n) is 6.01. The van der Waals surface area contributed by atoms with Gasteiger partial charge < -0.3 is 15.4 Å². The van der Waals surface area contributed by atoms with Gasteiger partial charge in [-0.1, -0.05) is 24.6 Å². The summed E-state index contributed by atoms with van der Waals surface area (Å²) >= 11 is 0. The molecule has 0 spiro atoms. The van der Waals surface area contributed by atoms with Gasteiger partial charge in [0, 0.05) is 16.6 Å². The summed E-state index contributed by atoms with van der Waals surface area (Å²) in [5.41, 5.74) is 2.90. The third kappa shape index (κ3) is 1.89. The highest BCUT2D eigenvalue weighted by atomic mass is 35.5. The number of hydrogen-bond acceptors (Lipinski definition) is 2. The molecule has 4 rings (SSSR count). The van der Waals surface area contributed by atoms with Gasteiger partial charge in [0.15, 0.2) is 0 Å². The van der Waals surface area contributed by atoms with E-state index in [2.05, 4.69) is 22.4 Å². The minimum absolute atomic E-state index is 0. The zero-order valence-electron chi connectivity index (χ0n) is 11.7. The summed E-state index contributed by atoms with van der Waals surface area (Å²) in [4.78, 5) is 15.2. The monoisotopic (exact) mass is 306 g/mol. The molecule has 5 heteroatoms. The molecule has 2 aliphatic rings. The first-order valence-corrected chi connectivity index (χ1v) is 7.29. The molecule has 2 aromatic rings. The Balaban J connectivity index is 0.00000132. The lowest BCUT2D eigenvalue weighted by atomic mass is 9.62. The summed E-state index contributed by atoms with van der Waals surface area (Å²) in [5, 5.41) is 14.4. The molecule has 2 heterocycles. The molecule has 112 valence electrons. The SMILES string of the molecule is Cl.O=C(O)C1(C2NCCc3c2[nH]c2ccccc32)CCC1. The van der Waals surface area contributed by atoms with Crippen molar-refractivity contribution >= 4 is 29.3 Å². The Morgan fingerprint density at radius 3 is 2.71 bits per heavy atom. The fourth-order valence-electron chi connectivity index (χ4n) is 3.84. The van der Waals surface area contributed by atoms with E-state index in [9.17, 15) is 9.90 Å². The number of carboxylic acids is 1. The topological polar surface area (TPSA) is 65.1 Å². The van der Waals surface area contributed by atoms with Crippen LogP contribution in [0.2, 0.25) is 0 Å². The Hall–Kier alpha value is -1.52. The van der Waals surface area contributed by atoms with Crippen LogP contribution in [0.4, 0.5) is 0 Å². The van der Waals surface area contributed by atoms with E-state index in [1.54, 1.807) is 0 Å². The van der Waals surface area contributed by atoms with Crippen molar-refractivity contribution in [3.63, 3.8) is 0 Å². The molecule has 21 heavy (non-hydrogen) atoms. The molecule has 0 amide bonds. The van der Waals surface area contributed by atoms with Crippen LogP contribution in [0.25, 0.3) is 10.9 Å². The molecule has 1 fully saturated rings. The average Bonchev–Trinajstić information content (AvgIpc) is 2.76. The van der Waals surface area contributed by atoms with Crippen LogP contribution >= 0.6 is 12.4 Å². The summed E-state index contributed by atoms with van der Waals surface area (Å²) < 4.78 is 0. The number of carboxylic acid groups (broad SMARTS) is 1. The molecular formula is C16H19ClN2O2. The minimum Gasteiger partial charge on any atom is -0.481 e. The smallest absolute Gasteiger partial charge is 0.311 e. The van der Waals surface area contributed by atoms with Crippen molar-refractivity contribution in [2.45, 2.75) is 31.7 Å². The molecule has 0 radical (unpaired) electrons. The molecule has 4 nitrogen and oxygen atoms in total. The second kappa shape index (κ2) is 5.04. The number of aromatic nitrogens is 1. The van der Waals surface area contributed by atoms with Crippen molar-refractivity contribution in [3.05, 3.63) is 35.5 Å². The van der Waals surface area contributed by atoms with Gasteiger partial charge in [0.05, 0.1) is 11.5 Å². The second-order valence-corrected chi connectivity index (χ2v) is 6.01. The predicted octanol–water partition coefficient (Wildman–Crippen LogP) is 3.03. The fourth-order valence-corrected chi connectivity index (χ4v) is 3.84. The van der Waals surface area contributed by atoms with Crippen molar-refractivity contribution in [2.24, 2.45) is 5.41 Å². The number of aliphatic carboxylic acids is 1. The van der Waals surface area contributed by atoms with Gasteiger partial charge in [0.1, 0.15) is 0 Å². The number of fused-ring (bicyclic) bond motifs is 3. The van der Waals surface area contributed by atoms with Gasteiger partial charge in [0.2, 0.25) is 0 Å². The summed E-state index contributed by atoms with van der Waals surface area (Å²) in [6, 6.07) is 8.18. The molecule has 1 aromatic carbocycles. The number of aromatic amines is 1. The Morgan fingerprint density at radius 2 is 2.05 bits per heavy atom. The van der Waals surface area contributed by atoms with E-state index in [0.29, 0.717) is 0 Å². The molecular weight excluding hydrogens is 288 g/mol. The van der Waals surface area contributed by atoms with E-state index in [4.69, 9.17) is 0 Å². The number of H-pyrrole nitrogens is 1. The maximum Gasteiger partial charge on any atom is 0.311 e. The van der Waals surface area contributed by atoms with Crippen molar-refractivity contribution in [1.29, 1.82) is 0 Å². The van der Waals surface area contributed by atoms with Gasteiger partial charge in [-0.3, -0.25) is 4.79 Å². The molecule has 0 bridgehead atoms. The molecule has 0 saturated heterocycles. The average molecular weight is 307 g/mol. The summed E-state index contributed by atoms with van der Waals surface area (Å²) in [7, 11) is 0. The maximum atomic E-state index is 11.8. The van der Waals surface area contributed by atoms with E-state index >= 15 is 0 Å². The van der Waals surface area contributed by atoms with Crippen LogP contribution in [0, 0.1) is 5.41 Å². The fraction of sp³-hybridized carbons (Fsp3) is 0.438. The van der Waals surface area contributed by atoms with Gasteiger partial charge in [0.25, 0.3) is 0 Å². The lowest BCUT2D eigenvalue weighted by Crippen LogP contribution is -2.50. The lowest BCUT2D eigenvalue weighted by molar-refractivity contribution is -0.158. The molecule has 1 aliphatic heterocycles. The summed E-state index contributed by atoms with van der Waals surface area (Å²) in [5.74, 6) is -0.659.